The Kier molecular flexibility index (Phi) is 3.14. The van der Waals surface area contributed by atoms with Gasteiger partial charge in [-0.1, -0.05) is 12.1 Å². The van der Waals surface area contributed by atoms with Gasteiger partial charge in [0.1, 0.15) is 0 Å². The van der Waals surface area contributed by atoms with E-state index in [1.807, 2.05) is 0 Å². The fraction of sp³-hybridized carbons (Fsp3) is 0.273. The quantitative estimate of drug-likeness (QED) is 0.781. The van der Waals surface area contributed by atoms with E-state index < -0.39 is 0 Å². The van der Waals surface area contributed by atoms with Gasteiger partial charge >= 0.3 is 0 Å². The molecule has 2 rings (SSSR count). The Bertz CT molecular complexity index is 615. The second-order valence-corrected chi connectivity index (χ2v) is 3.97. The first-order valence-corrected chi connectivity index (χ1v) is 5.70. The zero-order valence-electron chi connectivity index (χ0n) is 8.64. The Labute approximate surface area is 97.3 Å². The minimum Gasteiger partial charge on any atom is -0.267 e. The summed E-state index contributed by atoms with van der Waals surface area (Å²) in [7, 11) is 0. The first kappa shape index (κ1) is 11.0. The van der Waals surface area contributed by atoms with Crippen molar-refractivity contribution in [1.29, 1.82) is 0 Å². The highest BCUT2D eigenvalue weighted by Gasteiger charge is 2.05. The van der Waals surface area contributed by atoms with Crippen LogP contribution in [0.5, 0.6) is 0 Å². The highest BCUT2D eigenvalue weighted by atomic mass is 32.1. The smallest absolute Gasteiger partial charge is 0.267 e. The number of hydrogen-bond acceptors (Lipinski definition) is 3. The topological polar surface area (TPSA) is 54.9 Å². The van der Waals surface area contributed by atoms with Crippen molar-refractivity contribution < 1.29 is 0 Å². The van der Waals surface area contributed by atoms with E-state index in [2.05, 4.69) is 17.7 Å². The first-order valence-electron chi connectivity index (χ1n) is 5.07. The van der Waals surface area contributed by atoms with Crippen LogP contribution >= 0.6 is 12.6 Å². The number of hydrogen-bond donors (Lipinski definition) is 2. The normalized spacial score (nSPS) is 10.8. The SMILES string of the molecule is O=c1[nH]n(CCCS)c(=O)c2ccccc12. The van der Waals surface area contributed by atoms with E-state index in [4.69, 9.17) is 0 Å². The van der Waals surface area contributed by atoms with Gasteiger partial charge in [-0.3, -0.25) is 14.7 Å². The van der Waals surface area contributed by atoms with Gasteiger partial charge in [0.2, 0.25) is 0 Å². The van der Waals surface area contributed by atoms with Crippen molar-refractivity contribution in [3.05, 3.63) is 45.0 Å². The fourth-order valence-electron chi connectivity index (χ4n) is 1.63. The lowest BCUT2D eigenvalue weighted by Crippen LogP contribution is -2.29. The molecule has 0 spiro atoms. The van der Waals surface area contributed by atoms with Gasteiger partial charge in [-0.05, 0) is 24.3 Å². The molecule has 0 atom stereocenters. The molecule has 0 bridgehead atoms. The summed E-state index contributed by atoms with van der Waals surface area (Å²) in [4.78, 5) is 23.6. The van der Waals surface area contributed by atoms with Crippen molar-refractivity contribution in [2.75, 3.05) is 5.75 Å². The minimum absolute atomic E-state index is 0.156. The molecule has 0 aliphatic heterocycles. The molecule has 84 valence electrons. The van der Waals surface area contributed by atoms with E-state index >= 15 is 0 Å². The fourth-order valence-corrected chi connectivity index (χ4v) is 1.77. The number of aromatic nitrogens is 2. The molecule has 1 aromatic heterocycles. The van der Waals surface area contributed by atoms with E-state index in [1.54, 1.807) is 24.3 Å². The summed E-state index contributed by atoms with van der Waals surface area (Å²) in [6.45, 7) is 0.488. The monoisotopic (exact) mass is 236 g/mol. The van der Waals surface area contributed by atoms with Crippen LogP contribution in [0.15, 0.2) is 33.9 Å². The average molecular weight is 236 g/mol. The van der Waals surface area contributed by atoms with Gasteiger partial charge < -0.3 is 0 Å². The number of aryl methyl sites for hydroxylation is 1. The van der Waals surface area contributed by atoms with Crippen LogP contribution < -0.4 is 11.1 Å². The number of H-pyrrole nitrogens is 1. The van der Waals surface area contributed by atoms with Crippen LogP contribution in [0.3, 0.4) is 0 Å². The summed E-state index contributed by atoms with van der Waals surface area (Å²) in [5, 5.41) is 3.47. The summed E-state index contributed by atoms with van der Waals surface area (Å²) < 4.78 is 1.35. The Morgan fingerprint density at radius 1 is 1.19 bits per heavy atom. The molecule has 5 heteroatoms. The summed E-state index contributed by atoms with van der Waals surface area (Å²) in [6.07, 6.45) is 0.747. The van der Waals surface area contributed by atoms with E-state index in [-0.39, 0.29) is 11.1 Å². The van der Waals surface area contributed by atoms with Gasteiger partial charge in [-0.25, -0.2) is 4.68 Å². The third-order valence-electron chi connectivity index (χ3n) is 2.42. The second-order valence-electron chi connectivity index (χ2n) is 3.52. The molecule has 0 aliphatic carbocycles. The molecular formula is C11H12N2O2S. The molecule has 0 fully saturated rings. The summed E-state index contributed by atoms with van der Waals surface area (Å²) >= 11 is 4.08. The second kappa shape index (κ2) is 4.57. The number of benzene rings is 1. The third kappa shape index (κ3) is 1.90. The molecular weight excluding hydrogens is 224 g/mol. The number of nitrogens with zero attached hydrogens (tertiary/aromatic N) is 1. The molecule has 1 heterocycles. The largest absolute Gasteiger partial charge is 0.273 e. The Hall–Kier alpha value is -1.49. The molecule has 2 aromatic rings. The third-order valence-corrected chi connectivity index (χ3v) is 2.74. The maximum absolute atomic E-state index is 12.0. The van der Waals surface area contributed by atoms with Gasteiger partial charge in [0, 0.05) is 6.54 Å². The first-order chi connectivity index (χ1) is 7.74. The van der Waals surface area contributed by atoms with E-state index in [9.17, 15) is 9.59 Å². The van der Waals surface area contributed by atoms with Crippen molar-refractivity contribution >= 4 is 23.4 Å². The number of aromatic amines is 1. The van der Waals surface area contributed by atoms with E-state index in [0.717, 1.165) is 6.42 Å². The summed E-state index contributed by atoms with van der Waals surface area (Å²) in [5.74, 6) is 0.682. The van der Waals surface area contributed by atoms with Crippen LogP contribution in [-0.4, -0.2) is 15.5 Å². The molecule has 16 heavy (non-hydrogen) atoms. The maximum Gasteiger partial charge on any atom is 0.273 e. The molecule has 0 radical (unpaired) electrons. The van der Waals surface area contributed by atoms with Crippen LogP contribution in [0.2, 0.25) is 0 Å². The van der Waals surface area contributed by atoms with Gasteiger partial charge in [-0.15, -0.1) is 0 Å². The number of nitrogens with one attached hydrogen (secondary N) is 1. The van der Waals surface area contributed by atoms with Gasteiger partial charge in [0.05, 0.1) is 10.8 Å². The van der Waals surface area contributed by atoms with E-state index in [0.29, 0.717) is 23.1 Å². The molecule has 4 nitrogen and oxygen atoms in total. The minimum atomic E-state index is -0.227. The van der Waals surface area contributed by atoms with Crippen LogP contribution in [-0.2, 0) is 6.54 Å². The molecule has 0 aliphatic rings. The lowest BCUT2D eigenvalue weighted by Gasteiger charge is -2.05. The van der Waals surface area contributed by atoms with Crippen molar-refractivity contribution in [2.24, 2.45) is 0 Å². The van der Waals surface area contributed by atoms with Crippen molar-refractivity contribution in [3.8, 4) is 0 Å². The van der Waals surface area contributed by atoms with Crippen LogP contribution in [0.25, 0.3) is 10.8 Å². The molecule has 0 unspecified atom stereocenters. The highest BCUT2D eigenvalue weighted by molar-refractivity contribution is 7.80. The Morgan fingerprint density at radius 2 is 1.88 bits per heavy atom. The summed E-state index contributed by atoms with van der Waals surface area (Å²) in [5.41, 5.74) is -0.383. The van der Waals surface area contributed by atoms with Gasteiger partial charge in [-0.2, -0.15) is 12.6 Å². The highest BCUT2D eigenvalue weighted by Crippen LogP contribution is 2.02. The Balaban J connectivity index is 2.66. The van der Waals surface area contributed by atoms with E-state index in [1.165, 1.54) is 4.68 Å². The molecule has 1 N–H and O–H groups in total. The van der Waals surface area contributed by atoms with Crippen LogP contribution in [0, 0.1) is 0 Å². The van der Waals surface area contributed by atoms with Gasteiger partial charge in [0.15, 0.2) is 0 Å². The van der Waals surface area contributed by atoms with Crippen LogP contribution in [0.1, 0.15) is 6.42 Å². The predicted octanol–water partition coefficient (Wildman–Crippen LogP) is 1.01. The molecule has 0 amide bonds. The zero-order chi connectivity index (χ0) is 11.5. The maximum atomic E-state index is 12.0. The number of rotatable bonds is 3. The Morgan fingerprint density at radius 3 is 2.56 bits per heavy atom. The molecule has 1 aromatic carbocycles. The van der Waals surface area contributed by atoms with Crippen molar-refractivity contribution in [3.63, 3.8) is 0 Å². The predicted molar refractivity (Wildman–Crippen MR) is 67.3 cm³/mol. The van der Waals surface area contributed by atoms with Gasteiger partial charge in [0.25, 0.3) is 11.1 Å². The number of fused-ring (bicyclic) bond motifs is 1. The van der Waals surface area contributed by atoms with Crippen molar-refractivity contribution in [2.45, 2.75) is 13.0 Å². The standard InChI is InChI=1S/C11H12N2O2S/c14-10-8-4-1-2-5-9(8)11(15)13(12-10)6-3-7-16/h1-2,4-5,16H,3,6-7H2,(H,12,14). The van der Waals surface area contributed by atoms with Crippen LogP contribution in [0.4, 0.5) is 0 Å². The number of thiol groups is 1. The molecule has 0 saturated carbocycles. The summed E-state index contributed by atoms with van der Waals surface area (Å²) in [6, 6.07) is 6.82. The van der Waals surface area contributed by atoms with Crippen molar-refractivity contribution in [1.82, 2.24) is 9.78 Å². The lowest BCUT2D eigenvalue weighted by atomic mass is 10.2. The molecule has 0 saturated heterocycles. The lowest BCUT2D eigenvalue weighted by molar-refractivity contribution is 0.570. The average Bonchev–Trinajstić information content (AvgIpc) is 2.32. The zero-order valence-corrected chi connectivity index (χ0v) is 9.54.